The fourth-order valence-electron chi connectivity index (χ4n) is 2.71. The second-order valence-electron chi connectivity index (χ2n) is 5.04. The average molecular weight is 255 g/mol. The Kier molecular flexibility index (Phi) is 2.99. The van der Waals surface area contributed by atoms with Crippen LogP contribution in [0.15, 0.2) is 42.5 Å². The molecule has 2 unspecified atom stereocenters. The Labute approximate surface area is 112 Å². The summed E-state index contributed by atoms with van der Waals surface area (Å²) in [5.41, 5.74) is 1.28. The average Bonchev–Trinajstić information content (AvgIpc) is 3.25. The van der Waals surface area contributed by atoms with E-state index in [1.807, 2.05) is 12.1 Å². The first-order chi connectivity index (χ1) is 9.22. The molecule has 1 aliphatic rings. The van der Waals surface area contributed by atoms with Gasteiger partial charge in [0.2, 0.25) is 5.91 Å². The zero-order valence-corrected chi connectivity index (χ0v) is 11.2. The van der Waals surface area contributed by atoms with Gasteiger partial charge in [0.15, 0.2) is 0 Å². The number of carbonyl (C=O) groups excluding carboxylic acids is 1. The number of rotatable bonds is 3. The molecule has 1 fully saturated rings. The Morgan fingerprint density at radius 1 is 1.21 bits per heavy atom. The lowest BCUT2D eigenvalue weighted by Gasteiger charge is -2.13. The minimum absolute atomic E-state index is 0.0655. The van der Waals surface area contributed by atoms with E-state index in [-0.39, 0.29) is 11.8 Å². The van der Waals surface area contributed by atoms with E-state index in [0.717, 1.165) is 6.42 Å². The standard InChI is InChI=1S/C16H17NO2/c1-17(19-2)16(18)15-10-14(15)13-9-5-7-11-6-3-4-8-12(11)13/h3-9,14-15H,10H2,1-2H3. The molecule has 2 aromatic carbocycles. The van der Waals surface area contributed by atoms with Gasteiger partial charge in [-0.1, -0.05) is 42.5 Å². The van der Waals surface area contributed by atoms with Crippen LogP contribution in [-0.2, 0) is 9.63 Å². The Hall–Kier alpha value is -1.87. The summed E-state index contributed by atoms with van der Waals surface area (Å²) in [5.74, 6) is 0.465. The van der Waals surface area contributed by atoms with Gasteiger partial charge in [0, 0.05) is 13.0 Å². The molecule has 2 atom stereocenters. The lowest BCUT2D eigenvalue weighted by molar-refractivity contribution is -0.170. The maximum absolute atomic E-state index is 12.1. The molecule has 98 valence electrons. The second kappa shape index (κ2) is 4.67. The molecule has 0 heterocycles. The summed E-state index contributed by atoms with van der Waals surface area (Å²) in [4.78, 5) is 17.0. The Morgan fingerprint density at radius 2 is 1.95 bits per heavy atom. The van der Waals surface area contributed by atoms with E-state index in [1.54, 1.807) is 7.05 Å². The minimum atomic E-state index is 0.0655. The smallest absolute Gasteiger partial charge is 0.249 e. The summed E-state index contributed by atoms with van der Waals surface area (Å²) in [6.07, 6.45) is 0.917. The first-order valence-corrected chi connectivity index (χ1v) is 6.51. The molecular weight excluding hydrogens is 238 g/mol. The fraction of sp³-hybridized carbons (Fsp3) is 0.312. The molecule has 1 saturated carbocycles. The summed E-state index contributed by atoms with van der Waals surface area (Å²) in [6, 6.07) is 14.6. The molecule has 0 aliphatic heterocycles. The first kappa shape index (κ1) is 12.2. The molecule has 3 heteroatoms. The third kappa shape index (κ3) is 2.10. The van der Waals surface area contributed by atoms with Crippen molar-refractivity contribution >= 4 is 16.7 Å². The minimum Gasteiger partial charge on any atom is -0.275 e. The van der Waals surface area contributed by atoms with Gasteiger partial charge in [-0.05, 0) is 28.7 Å². The number of hydroxylamine groups is 2. The van der Waals surface area contributed by atoms with Crippen molar-refractivity contribution in [2.75, 3.05) is 14.2 Å². The molecule has 0 radical (unpaired) electrons. The molecule has 0 saturated heterocycles. The Balaban J connectivity index is 1.90. The third-order valence-corrected chi connectivity index (χ3v) is 3.91. The predicted octanol–water partition coefficient (Wildman–Crippen LogP) is 2.96. The third-order valence-electron chi connectivity index (χ3n) is 3.91. The van der Waals surface area contributed by atoms with Crippen LogP contribution in [0, 0.1) is 5.92 Å². The monoisotopic (exact) mass is 255 g/mol. The number of hydrogen-bond donors (Lipinski definition) is 0. The summed E-state index contributed by atoms with van der Waals surface area (Å²) in [7, 11) is 3.19. The molecule has 1 amide bonds. The molecule has 3 nitrogen and oxygen atoms in total. The van der Waals surface area contributed by atoms with Crippen molar-refractivity contribution in [3.63, 3.8) is 0 Å². The molecule has 0 bridgehead atoms. The van der Waals surface area contributed by atoms with E-state index in [0.29, 0.717) is 5.92 Å². The van der Waals surface area contributed by atoms with Crippen LogP contribution in [0.4, 0.5) is 0 Å². The van der Waals surface area contributed by atoms with E-state index in [1.165, 1.54) is 28.5 Å². The quantitative estimate of drug-likeness (QED) is 0.789. The van der Waals surface area contributed by atoms with Gasteiger partial charge in [0.25, 0.3) is 0 Å². The number of carbonyl (C=O) groups is 1. The van der Waals surface area contributed by atoms with E-state index < -0.39 is 0 Å². The second-order valence-corrected chi connectivity index (χ2v) is 5.04. The highest BCUT2D eigenvalue weighted by Gasteiger charge is 2.46. The molecule has 0 spiro atoms. The summed E-state index contributed by atoms with van der Waals surface area (Å²) >= 11 is 0. The molecule has 0 aromatic heterocycles. The lowest BCUT2D eigenvalue weighted by Crippen LogP contribution is -2.27. The maximum atomic E-state index is 12.1. The van der Waals surface area contributed by atoms with E-state index in [9.17, 15) is 4.79 Å². The van der Waals surface area contributed by atoms with Gasteiger partial charge >= 0.3 is 0 Å². The van der Waals surface area contributed by atoms with E-state index in [2.05, 4.69) is 30.3 Å². The van der Waals surface area contributed by atoms with Crippen LogP contribution in [0.25, 0.3) is 10.8 Å². The topological polar surface area (TPSA) is 29.5 Å². The van der Waals surface area contributed by atoms with Crippen molar-refractivity contribution in [3.05, 3.63) is 48.0 Å². The van der Waals surface area contributed by atoms with Gasteiger partial charge in [-0.3, -0.25) is 9.63 Å². The zero-order valence-electron chi connectivity index (χ0n) is 11.2. The highest BCUT2D eigenvalue weighted by atomic mass is 16.7. The summed E-state index contributed by atoms with van der Waals surface area (Å²) in [5, 5.41) is 3.82. The predicted molar refractivity (Wildman–Crippen MR) is 74.6 cm³/mol. The van der Waals surface area contributed by atoms with E-state index in [4.69, 9.17) is 4.84 Å². The molecule has 2 aromatic rings. The van der Waals surface area contributed by atoms with Crippen molar-refractivity contribution < 1.29 is 9.63 Å². The van der Waals surface area contributed by atoms with Gasteiger partial charge in [-0.25, -0.2) is 5.06 Å². The molecular formula is C16H17NO2. The number of benzene rings is 2. The number of fused-ring (bicyclic) bond motifs is 1. The Morgan fingerprint density at radius 3 is 2.74 bits per heavy atom. The van der Waals surface area contributed by atoms with Crippen molar-refractivity contribution in [2.45, 2.75) is 12.3 Å². The van der Waals surface area contributed by atoms with E-state index >= 15 is 0 Å². The van der Waals surface area contributed by atoms with Gasteiger partial charge in [-0.2, -0.15) is 0 Å². The van der Waals surface area contributed by atoms with Crippen molar-refractivity contribution in [3.8, 4) is 0 Å². The number of nitrogens with zero attached hydrogens (tertiary/aromatic N) is 1. The van der Waals surface area contributed by atoms with Crippen LogP contribution in [0.3, 0.4) is 0 Å². The molecule has 1 aliphatic carbocycles. The van der Waals surface area contributed by atoms with Crippen LogP contribution in [0.5, 0.6) is 0 Å². The highest BCUT2D eigenvalue weighted by Crippen LogP contribution is 2.50. The summed E-state index contributed by atoms with van der Waals surface area (Å²) < 4.78 is 0. The molecule has 19 heavy (non-hydrogen) atoms. The normalized spacial score (nSPS) is 21.4. The van der Waals surface area contributed by atoms with Gasteiger partial charge < -0.3 is 0 Å². The van der Waals surface area contributed by atoms with Crippen molar-refractivity contribution in [2.24, 2.45) is 5.92 Å². The SMILES string of the molecule is CON(C)C(=O)C1CC1c1cccc2ccccc12. The van der Waals surface area contributed by atoms with Crippen LogP contribution in [0.1, 0.15) is 17.9 Å². The fourth-order valence-corrected chi connectivity index (χ4v) is 2.71. The van der Waals surface area contributed by atoms with Crippen LogP contribution in [-0.4, -0.2) is 25.1 Å². The number of amides is 1. The molecule has 3 rings (SSSR count). The van der Waals surface area contributed by atoms with Crippen LogP contribution in [0.2, 0.25) is 0 Å². The lowest BCUT2D eigenvalue weighted by atomic mass is 10.00. The highest BCUT2D eigenvalue weighted by molar-refractivity contribution is 5.89. The van der Waals surface area contributed by atoms with Crippen LogP contribution >= 0.6 is 0 Å². The van der Waals surface area contributed by atoms with Gasteiger partial charge in [-0.15, -0.1) is 0 Å². The van der Waals surface area contributed by atoms with Crippen molar-refractivity contribution in [1.29, 1.82) is 0 Å². The van der Waals surface area contributed by atoms with Gasteiger partial charge in [0.05, 0.1) is 7.11 Å². The number of hydrogen-bond acceptors (Lipinski definition) is 2. The molecule has 0 N–H and O–H groups in total. The van der Waals surface area contributed by atoms with Crippen LogP contribution < -0.4 is 0 Å². The summed E-state index contributed by atoms with van der Waals surface area (Å²) in [6.45, 7) is 0. The largest absolute Gasteiger partial charge is 0.275 e. The van der Waals surface area contributed by atoms with Crippen molar-refractivity contribution in [1.82, 2.24) is 5.06 Å². The maximum Gasteiger partial charge on any atom is 0.249 e. The first-order valence-electron chi connectivity index (χ1n) is 6.51. The zero-order chi connectivity index (χ0) is 13.4. The Bertz CT molecular complexity index is 618. The van der Waals surface area contributed by atoms with Gasteiger partial charge in [0.1, 0.15) is 0 Å².